The molecular formula is C41H59N3O10. The Kier molecular flexibility index (Phi) is 12.1. The Bertz CT molecular complexity index is 1530. The maximum atomic E-state index is 14.8. The molecular weight excluding hydrogens is 694 g/mol. The molecule has 4 heterocycles. The molecule has 0 spiro atoms. The van der Waals surface area contributed by atoms with Crippen molar-refractivity contribution < 1.29 is 48.4 Å². The highest BCUT2D eigenvalue weighted by Gasteiger charge is 2.76. The van der Waals surface area contributed by atoms with Crippen molar-refractivity contribution in [2.24, 2.45) is 11.3 Å². The molecule has 13 nitrogen and oxygen atoms in total. The first-order chi connectivity index (χ1) is 26.1. The van der Waals surface area contributed by atoms with Gasteiger partial charge in [-0.1, -0.05) is 75.9 Å². The van der Waals surface area contributed by atoms with Crippen LogP contribution in [0.25, 0.3) is 6.08 Å². The van der Waals surface area contributed by atoms with Crippen molar-refractivity contribution in [2.45, 2.75) is 165 Å². The summed E-state index contributed by atoms with van der Waals surface area (Å²) in [6, 6.07) is 5.55. The number of aliphatic hydroxyl groups excluding tert-OH is 2. The van der Waals surface area contributed by atoms with Crippen LogP contribution in [0.3, 0.4) is 0 Å². The molecule has 7 rings (SSSR count). The smallest absolute Gasteiger partial charge is 0.327 e. The Morgan fingerprint density at radius 1 is 1.04 bits per heavy atom. The minimum atomic E-state index is -1.51. The predicted octanol–water partition coefficient (Wildman–Crippen LogP) is 3.68. The summed E-state index contributed by atoms with van der Waals surface area (Å²) in [6.45, 7) is 5.55. The molecule has 2 bridgehead atoms. The Hall–Kier alpha value is -2.91. The van der Waals surface area contributed by atoms with Gasteiger partial charge in [0.1, 0.15) is 35.9 Å². The SMILES string of the molecule is CCCCCC1(CCCCC)O[C@@H]2[C@H](O1)[C@H]1ON(Cc3cccc(C=CC4CCC5OC5C4)c3)[C@H]3C(=O)O[C@@H]2C[C@@]13C(=O)N[C@@H](C(=O)NCCO)[C@H](C)O. The zero-order valence-electron chi connectivity index (χ0n) is 32.0. The molecule has 1 aromatic rings. The van der Waals surface area contributed by atoms with E-state index in [9.17, 15) is 24.6 Å². The molecule has 298 valence electrons. The van der Waals surface area contributed by atoms with Crippen LogP contribution in [0.2, 0.25) is 0 Å². The number of fused-ring (bicyclic) bond motifs is 5. The number of unbranched alkanes of at least 4 members (excludes halogenated alkanes) is 4. The van der Waals surface area contributed by atoms with Gasteiger partial charge in [0.2, 0.25) is 11.8 Å². The number of rotatable bonds is 18. The number of hydrogen-bond donors (Lipinski definition) is 4. The highest BCUT2D eigenvalue weighted by Crippen LogP contribution is 2.58. The van der Waals surface area contributed by atoms with E-state index in [4.69, 9.17) is 23.8 Å². The summed E-state index contributed by atoms with van der Waals surface area (Å²) < 4.78 is 25.7. The van der Waals surface area contributed by atoms with Crippen molar-refractivity contribution in [3.8, 4) is 0 Å². The van der Waals surface area contributed by atoms with Gasteiger partial charge in [0.05, 0.1) is 31.5 Å². The van der Waals surface area contributed by atoms with E-state index in [1.165, 1.54) is 6.92 Å². The summed E-state index contributed by atoms with van der Waals surface area (Å²) in [5, 5.41) is 26.9. The van der Waals surface area contributed by atoms with E-state index in [2.05, 4.69) is 42.7 Å². The van der Waals surface area contributed by atoms with Gasteiger partial charge in [0.25, 0.3) is 0 Å². The molecule has 1 aromatic carbocycles. The third-order valence-electron chi connectivity index (χ3n) is 12.4. The third-order valence-corrected chi connectivity index (χ3v) is 12.4. The summed E-state index contributed by atoms with van der Waals surface area (Å²) in [4.78, 5) is 48.9. The number of amides is 2. The minimum Gasteiger partial charge on any atom is -0.458 e. The molecule has 6 fully saturated rings. The molecule has 13 heteroatoms. The number of hydroxylamine groups is 2. The molecule has 2 aliphatic carbocycles. The fourth-order valence-corrected chi connectivity index (χ4v) is 9.50. The molecule has 4 N–H and O–H groups in total. The molecule has 4 aliphatic heterocycles. The van der Waals surface area contributed by atoms with E-state index in [0.717, 1.165) is 68.9 Å². The molecule has 4 saturated heterocycles. The van der Waals surface area contributed by atoms with E-state index in [-0.39, 0.29) is 26.1 Å². The first kappa shape index (κ1) is 39.3. The topological polar surface area (TPSA) is 168 Å². The van der Waals surface area contributed by atoms with Crippen LogP contribution in [0.4, 0.5) is 0 Å². The van der Waals surface area contributed by atoms with Crippen LogP contribution < -0.4 is 10.6 Å². The number of ether oxygens (including phenoxy) is 4. The molecule has 2 saturated carbocycles. The first-order valence-electron chi connectivity index (χ1n) is 20.4. The Morgan fingerprint density at radius 3 is 2.50 bits per heavy atom. The number of nitrogens with one attached hydrogen (secondary N) is 2. The largest absolute Gasteiger partial charge is 0.458 e. The lowest BCUT2D eigenvalue weighted by atomic mass is 9.62. The number of carbonyl (C=O) groups excluding carboxylic acids is 3. The fraction of sp³-hybridized carbons (Fsp3) is 0.732. The van der Waals surface area contributed by atoms with Crippen molar-refractivity contribution in [2.75, 3.05) is 13.2 Å². The van der Waals surface area contributed by atoms with E-state index in [1.54, 1.807) is 5.06 Å². The quantitative estimate of drug-likeness (QED) is 0.0981. The molecule has 3 unspecified atom stereocenters. The van der Waals surface area contributed by atoms with Gasteiger partial charge in [-0.25, -0.2) is 0 Å². The second-order valence-electron chi connectivity index (χ2n) is 16.3. The van der Waals surface area contributed by atoms with Crippen molar-refractivity contribution >= 4 is 23.9 Å². The molecule has 2 amide bonds. The van der Waals surface area contributed by atoms with Gasteiger partial charge in [0, 0.05) is 25.8 Å². The zero-order chi connectivity index (χ0) is 38.0. The number of benzene rings is 1. The van der Waals surface area contributed by atoms with Crippen LogP contribution in [0.1, 0.15) is 109 Å². The number of esters is 1. The average Bonchev–Trinajstić information content (AvgIpc) is 3.70. The standard InChI is InChI=1S/C41H59N3O10/c1-4-6-8-17-40(18-9-7-5-2)52-33-31-23-41(39(49)43-32(25(3)46)37(47)42-19-20-45)35(38(48)51-31)44(54-36(41)34(33)53-40)24-28-12-10-11-26(21-28)13-14-27-15-16-29-30(22-27)50-29/h10-14,21,25,27,29-36,45-46H,4-9,15-20,22-24H2,1-3H3,(H,42,47)(H,43,49)/t25-,27?,29?,30?,31+,32+,33-,34-,35-,36+,41-/m0/s1. The fourth-order valence-electron chi connectivity index (χ4n) is 9.50. The van der Waals surface area contributed by atoms with Crippen LogP contribution >= 0.6 is 0 Å². The molecule has 0 aromatic heterocycles. The Balaban J connectivity index is 1.19. The van der Waals surface area contributed by atoms with Crippen LogP contribution in [-0.4, -0.2) is 107 Å². The van der Waals surface area contributed by atoms with Gasteiger partial charge < -0.3 is 39.8 Å². The highest BCUT2D eigenvalue weighted by molar-refractivity contribution is 5.96. The maximum absolute atomic E-state index is 14.8. The number of hydrogen-bond acceptors (Lipinski definition) is 11. The van der Waals surface area contributed by atoms with Gasteiger partial charge in [-0.05, 0) is 56.1 Å². The zero-order valence-corrected chi connectivity index (χ0v) is 32.0. The summed E-state index contributed by atoms with van der Waals surface area (Å²) in [5.74, 6) is -2.29. The van der Waals surface area contributed by atoms with E-state index >= 15 is 0 Å². The summed E-state index contributed by atoms with van der Waals surface area (Å²) in [5.41, 5.74) is 0.389. The van der Waals surface area contributed by atoms with Crippen LogP contribution in [0, 0.1) is 11.3 Å². The number of nitrogens with zero attached hydrogens (tertiary/aromatic N) is 1. The summed E-state index contributed by atoms with van der Waals surface area (Å²) in [6.07, 6.45) is 11.5. The van der Waals surface area contributed by atoms with E-state index in [0.29, 0.717) is 31.0 Å². The van der Waals surface area contributed by atoms with Gasteiger partial charge >= 0.3 is 5.97 Å². The number of aliphatic hydroxyl groups is 2. The third kappa shape index (κ3) is 7.87. The monoisotopic (exact) mass is 753 g/mol. The number of carbonyl (C=O) groups is 3. The minimum absolute atomic E-state index is 0.0447. The van der Waals surface area contributed by atoms with E-state index < -0.39 is 71.6 Å². The molecule has 54 heavy (non-hydrogen) atoms. The van der Waals surface area contributed by atoms with Crippen LogP contribution in [-0.2, 0) is 44.7 Å². The summed E-state index contributed by atoms with van der Waals surface area (Å²) in [7, 11) is 0. The predicted molar refractivity (Wildman–Crippen MR) is 197 cm³/mol. The lowest BCUT2D eigenvalue weighted by molar-refractivity contribution is -0.224. The van der Waals surface area contributed by atoms with Gasteiger partial charge in [0.15, 0.2) is 11.8 Å². The van der Waals surface area contributed by atoms with Gasteiger partial charge in [-0.2, -0.15) is 5.06 Å². The molecule has 11 atom stereocenters. The van der Waals surface area contributed by atoms with E-state index in [1.807, 2.05) is 18.2 Å². The van der Waals surface area contributed by atoms with Crippen molar-refractivity contribution in [1.29, 1.82) is 0 Å². The Morgan fingerprint density at radius 2 is 1.80 bits per heavy atom. The molecule has 0 radical (unpaired) electrons. The maximum Gasteiger partial charge on any atom is 0.327 e. The van der Waals surface area contributed by atoms with Crippen LogP contribution in [0.5, 0.6) is 0 Å². The normalized spacial score (nSPS) is 34.5. The molecule has 6 aliphatic rings. The van der Waals surface area contributed by atoms with Crippen molar-refractivity contribution in [3.05, 3.63) is 41.5 Å². The second-order valence-corrected chi connectivity index (χ2v) is 16.3. The lowest BCUT2D eigenvalue weighted by Crippen LogP contribution is -2.71. The summed E-state index contributed by atoms with van der Waals surface area (Å²) >= 11 is 0. The number of allylic oxidation sites excluding steroid dienone is 1. The van der Waals surface area contributed by atoms with Gasteiger partial charge in [-0.15, -0.1) is 0 Å². The highest BCUT2D eigenvalue weighted by atomic mass is 16.8. The average molecular weight is 754 g/mol. The Labute approximate surface area is 318 Å². The van der Waals surface area contributed by atoms with Gasteiger partial charge in [-0.3, -0.25) is 19.2 Å². The number of epoxide rings is 1. The van der Waals surface area contributed by atoms with Crippen molar-refractivity contribution in [3.63, 3.8) is 0 Å². The second kappa shape index (κ2) is 16.7. The van der Waals surface area contributed by atoms with Crippen LogP contribution in [0.15, 0.2) is 30.3 Å². The first-order valence-corrected chi connectivity index (χ1v) is 20.4. The lowest BCUT2D eigenvalue weighted by Gasteiger charge is -2.49. The van der Waals surface area contributed by atoms with Crippen molar-refractivity contribution in [1.82, 2.24) is 15.7 Å².